The molecule has 3 rings (SSSR count). The topological polar surface area (TPSA) is 73.9 Å². The van der Waals surface area contributed by atoms with Crippen molar-refractivity contribution < 1.29 is 23.8 Å². The maximum absolute atomic E-state index is 13.6. The minimum absolute atomic E-state index is 0.0201. The summed E-state index contributed by atoms with van der Waals surface area (Å²) in [6, 6.07) is 0. The molecule has 1 amide bonds. The van der Waals surface area contributed by atoms with Gasteiger partial charge in [0.2, 0.25) is 5.91 Å². The van der Waals surface area contributed by atoms with Crippen molar-refractivity contribution >= 4 is 11.7 Å². The number of carbonyl (C=O) groups is 2. The average Bonchev–Trinajstić information content (AvgIpc) is 2.91. The van der Waals surface area contributed by atoms with Crippen molar-refractivity contribution in [3.63, 3.8) is 0 Å². The number of carbonyl (C=O) groups excluding carboxylic acids is 2. The Labute approximate surface area is 235 Å². The highest BCUT2D eigenvalue weighted by molar-refractivity contribution is 5.93. The number of ether oxygens (including phenoxy) is 3. The second-order valence-corrected chi connectivity index (χ2v) is 11.9. The second kappa shape index (κ2) is 13.9. The first-order chi connectivity index (χ1) is 18.5. The zero-order valence-electron chi connectivity index (χ0n) is 25.3. The van der Waals surface area contributed by atoms with Gasteiger partial charge < -0.3 is 19.5 Å². The normalized spacial score (nSPS) is 44.5. The van der Waals surface area contributed by atoms with E-state index >= 15 is 0 Å². The third-order valence-electron chi connectivity index (χ3n) is 8.68. The fourth-order valence-electron chi connectivity index (χ4n) is 6.28. The van der Waals surface area contributed by atoms with Crippen LogP contribution in [0.3, 0.4) is 0 Å². The Morgan fingerprint density at radius 1 is 1.00 bits per heavy atom. The van der Waals surface area contributed by atoms with Crippen LogP contribution in [0.2, 0.25) is 0 Å². The summed E-state index contributed by atoms with van der Waals surface area (Å²) in [7, 11) is 1.61. The van der Waals surface area contributed by atoms with E-state index in [9.17, 15) is 9.59 Å². The van der Waals surface area contributed by atoms with Gasteiger partial charge in [0.1, 0.15) is 6.10 Å². The number of rotatable bonds is 2. The standard InChI is InChI=1S/C33H49NO5/c1-10-28-21(4)14-15-27(35)25(8)31-24(7)26-18-19(2)12-11-13-29(37-9)33(39-31)34-32(36)23(6)17-20(3)16-22(5)30(26)38-28/h11-17,21-22,24-26,28-31,33H,10,18H2,1-9H3,(H,34,36)/b13-11-,15-14+,19-12-,20-16-,23-17-/t21-,22-,24-,25+,26-,28-,29+,30+,31-,33+/m0/s1. The van der Waals surface area contributed by atoms with Gasteiger partial charge in [0.25, 0.3) is 0 Å². The lowest BCUT2D eigenvalue weighted by Crippen LogP contribution is -2.52. The molecule has 0 saturated carbocycles. The Balaban J connectivity index is 2.33. The third kappa shape index (κ3) is 7.68. The van der Waals surface area contributed by atoms with E-state index in [0.717, 1.165) is 18.4 Å². The van der Waals surface area contributed by atoms with Gasteiger partial charge in [-0.15, -0.1) is 0 Å². The SMILES string of the molecule is CC[C@@H]1O[C@H]2[C@H]3C/C(C)=C\C=C/[C@@H](OC)[C@H](NC(=O)/C(C)=C\C(C)=C/[C@@H]2C)O[C@@H]([C@H]3C)[C@H](C)C(=O)/C=C/[C@@H]1C. The van der Waals surface area contributed by atoms with Gasteiger partial charge in [0, 0.05) is 30.4 Å². The summed E-state index contributed by atoms with van der Waals surface area (Å²) in [5, 5.41) is 3.07. The molecule has 3 aliphatic heterocycles. The lowest BCUT2D eigenvalue weighted by Gasteiger charge is -2.42. The molecule has 39 heavy (non-hydrogen) atoms. The molecule has 0 aromatic rings. The Hall–Kier alpha value is -2.28. The molecule has 0 aliphatic carbocycles. The van der Waals surface area contributed by atoms with E-state index in [0.29, 0.717) is 5.57 Å². The van der Waals surface area contributed by atoms with Gasteiger partial charge in [-0.25, -0.2) is 0 Å². The molecule has 0 radical (unpaired) electrons. The second-order valence-electron chi connectivity index (χ2n) is 11.9. The fourth-order valence-corrected chi connectivity index (χ4v) is 6.28. The van der Waals surface area contributed by atoms with Gasteiger partial charge in [-0.05, 0) is 51.5 Å². The third-order valence-corrected chi connectivity index (χ3v) is 8.68. The van der Waals surface area contributed by atoms with Crippen molar-refractivity contribution in [2.45, 2.75) is 98.9 Å². The number of hydrogen-bond donors (Lipinski definition) is 1. The lowest BCUT2D eigenvalue weighted by atomic mass is 9.73. The van der Waals surface area contributed by atoms with Crippen LogP contribution in [0.25, 0.3) is 0 Å². The smallest absolute Gasteiger partial charge is 0.248 e. The zero-order valence-corrected chi connectivity index (χ0v) is 25.3. The number of nitrogens with one attached hydrogen (secondary N) is 1. The van der Waals surface area contributed by atoms with Gasteiger partial charge in [-0.3, -0.25) is 9.59 Å². The molecule has 4 bridgehead atoms. The van der Waals surface area contributed by atoms with Crippen LogP contribution in [0, 0.1) is 29.6 Å². The molecule has 0 aromatic carbocycles. The first-order valence-corrected chi connectivity index (χ1v) is 14.5. The van der Waals surface area contributed by atoms with Crippen molar-refractivity contribution in [2.75, 3.05) is 7.11 Å². The molecule has 6 nitrogen and oxygen atoms in total. The van der Waals surface area contributed by atoms with Crippen LogP contribution in [-0.2, 0) is 23.8 Å². The van der Waals surface area contributed by atoms with Crippen LogP contribution in [0.1, 0.15) is 68.2 Å². The van der Waals surface area contributed by atoms with Crippen LogP contribution in [0.4, 0.5) is 0 Å². The van der Waals surface area contributed by atoms with Crippen molar-refractivity contribution in [2.24, 2.45) is 29.6 Å². The summed E-state index contributed by atoms with van der Waals surface area (Å²) in [6.07, 6.45) is 13.5. The summed E-state index contributed by atoms with van der Waals surface area (Å²) >= 11 is 0. The first kappa shape index (κ1) is 31.3. The molecule has 0 unspecified atom stereocenters. The molecule has 10 atom stereocenters. The summed E-state index contributed by atoms with van der Waals surface area (Å²) in [5.41, 5.74) is 2.81. The number of amides is 1. The van der Waals surface area contributed by atoms with Crippen LogP contribution >= 0.6 is 0 Å². The predicted octanol–water partition coefficient (Wildman–Crippen LogP) is 6.10. The highest BCUT2D eigenvalue weighted by Gasteiger charge is 2.42. The van der Waals surface area contributed by atoms with Gasteiger partial charge in [-0.2, -0.15) is 0 Å². The molecule has 0 saturated heterocycles. The minimum Gasteiger partial charge on any atom is -0.373 e. The maximum Gasteiger partial charge on any atom is 0.248 e. The number of allylic oxidation sites excluding steroid dienone is 6. The predicted molar refractivity (Wildman–Crippen MR) is 156 cm³/mol. The zero-order chi connectivity index (χ0) is 28.9. The summed E-state index contributed by atoms with van der Waals surface area (Å²) < 4.78 is 19.7. The molecule has 3 aliphatic rings. The van der Waals surface area contributed by atoms with E-state index in [1.165, 1.54) is 5.57 Å². The Morgan fingerprint density at radius 3 is 2.38 bits per heavy atom. The summed E-state index contributed by atoms with van der Waals surface area (Å²) in [6.45, 7) is 16.6. The molecular formula is C33H49NO5. The van der Waals surface area contributed by atoms with E-state index < -0.39 is 24.4 Å². The molecule has 0 aromatic heterocycles. The van der Waals surface area contributed by atoms with E-state index in [-0.39, 0.29) is 47.6 Å². The molecule has 6 heteroatoms. The average molecular weight is 540 g/mol. The number of fused-ring (bicyclic) bond motifs is 1. The summed E-state index contributed by atoms with van der Waals surface area (Å²) in [4.78, 5) is 26.9. The van der Waals surface area contributed by atoms with Crippen LogP contribution in [0.5, 0.6) is 0 Å². The van der Waals surface area contributed by atoms with Crippen molar-refractivity contribution in [1.29, 1.82) is 0 Å². The molecule has 3 heterocycles. The van der Waals surface area contributed by atoms with Gasteiger partial charge in [0.05, 0.1) is 18.3 Å². The Bertz CT molecular complexity index is 1040. The fraction of sp³-hybridized carbons (Fsp3) is 0.636. The lowest BCUT2D eigenvalue weighted by molar-refractivity contribution is -0.159. The van der Waals surface area contributed by atoms with Crippen molar-refractivity contribution in [3.8, 4) is 0 Å². The highest BCUT2D eigenvalue weighted by atomic mass is 16.6. The Morgan fingerprint density at radius 2 is 1.72 bits per heavy atom. The first-order valence-electron chi connectivity index (χ1n) is 14.5. The van der Waals surface area contributed by atoms with E-state index in [1.807, 2.05) is 45.1 Å². The molecule has 216 valence electrons. The molecule has 1 N–H and O–H groups in total. The molecule has 0 spiro atoms. The molecular weight excluding hydrogens is 490 g/mol. The van der Waals surface area contributed by atoms with E-state index in [1.54, 1.807) is 13.2 Å². The van der Waals surface area contributed by atoms with Crippen molar-refractivity contribution in [3.05, 3.63) is 59.3 Å². The van der Waals surface area contributed by atoms with Crippen LogP contribution < -0.4 is 5.32 Å². The summed E-state index contributed by atoms with van der Waals surface area (Å²) in [5.74, 6) is -0.473. The molecule has 0 fully saturated rings. The van der Waals surface area contributed by atoms with Crippen LogP contribution in [0.15, 0.2) is 59.3 Å². The minimum atomic E-state index is -0.782. The monoisotopic (exact) mass is 539 g/mol. The number of ketones is 1. The maximum atomic E-state index is 13.6. The Kier molecular flexibility index (Phi) is 11.1. The van der Waals surface area contributed by atoms with Crippen LogP contribution in [-0.4, -0.2) is 49.4 Å². The van der Waals surface area contributed by atoms with E-state index in [2.05, 4.69) is 52.1 Å². The van der Waals surface area contributed by atoms with Gasteiger partial charge in [0.15, 0.2) is 12.0 Å². The van der Waals surface area contributed by atoms with E-state index in [4.69, 9.17) is 14.2 Å². The van der Waals surface area contributed by atoms with Crippen molar-refractivity contribution in [1.82, 2.24) is 5.32 Å². The quantitative estimate of drug-likeness (QED) is 0.459. The highest BCUT2D eigenvalue weighted by Crippen LogP contribution is 2.39. The largest absolute Gasteiger partial charge is 0.373 e. The number of hydrogen-bond acceptors (Lipinski definition) is 5. The van der Waals surface area contributed by atoms with Gasteiger partial charge in [-0.1, -0.05) is 82.2 Å². The van der Waals surface area contributed by atoms with Gasteiger partial charge >= 0.3 is 0 Å². The number of methoxy groups -OCH3 is 1.